The van der Waals surface area contributed by atoms with E-state index in [-0.39, 0.29) is 23.6 Å². The summed E-state index contributed by atoms with van der Waals surface area (Å²) < 4.78 is 11.0. The van der Waals surface area contributed by atoms with Crippen LogP contribution in [0.5, 0.6) is 0 Å². The summed E-state index contributed by atoms with van der Waals surface area (Å²) in [5, 5.41) is 4.02. The first-order valence-electron chi connectivity index (χ1n) is 10.4. The van der Waals surface area contributed by atoms with Crippen LogP contribution in [-0.2, 0) is 4.74 Å². The van der Waals surface area contributed by atoms with Crippen LogP contribution in [0.4, 0.5) is 22.4 Å². The minimum absolute atomic E-state index is 0.0374. The second kappa shape index (κ2) is 8.40. The minimum Gasteiger partial charge on any atom is -0.444 e. The molecule has 2 N–H and O–H groups in total. The maximum absolute atomic E-state index is 12.6. The third-order valence-corrected chi connectivity index (χ3v) is 4.89. The number of carbonyl (C=O) groups is 1. The molecule has 1 aliphatic heterocycles. The van der Waals surface area contributed by atoms with Gasteiger partial charge in [-0.1, -0.05) is 23.4 Å². The van der Waals surface area contributed by atoms with Gasteiger partial charge in [-0.25, -0.2) is 4.79 Å². The SMILES string of the molecule is CN(c1ccccc1)c1nc(N)nc(-c2noc(C3CCCN3C(=O)OC(C)(C)C)n2)n1. The van der Waals surface area contributed by atoms with Crippen LogP contribution in [-0.4, -0.2) is 55.3 Å². The fourth-order valence-corrected chi connectivity index (χ4v) is 3.42. The Kier molecular flexibility index (Phi) is 5.64. The maximum atomic E-state index is 12.6. The standard InChI is InChI=1S/C21H26N8O3/c1-21(2,3)31-20(30)29-12-8-11-14(29)17-23-16(27-32-17)15-24-18(22)26-19(25-15)28(4)13-9-6-5-7-10-13/h5-7,9-10,14H,8,11-12H2,1-4H3,(H2,22,24,25,26). The third-order valence-electron chi connectivity index (χ3n) is 4.89. The smallest absolute Gasteiger partial charge is 0.410 e. The number of rotatable bonds is 4. The van der Waals surface area contributed by atoms with Crippen molar-refractivity contribution in [2.45, 2.75) is 45.3 Å². The van der Waals surface area contributed by atoms with Gasteiger partial charge >= 0.3 is 6.09 Å². The summed E-state index contributed by atoms with van der Waals surface area (Å²) in [7, 11) is 1.83. The van der Waals surface area contributed by atoms with Gasteiger partial charge in [-0.2, -0.15) is 19.9 Å². The summed E-state index contributed by atoms with van der Waals surface area (Å²) in [5.74, 6) is 1.05. The average molecular weight is 438 g/mol. The average Bonchev–Trinajstić information content (AvgIpc) is 3.41. The summed E-state index contributed by atoms with van der Waals surface area (Å²) >= 11 is 0. The highest BCUT2D eigenvalue weighted by molar-refractivity contribution is 5.69. The number of ether oxygens (including phenoxy) is 1. The summed E-state index contributed by atoms with van der Waals surface area (Å²) in [6.45, 7) is 6.05. The van der Waals surface area contributed by atoms with Crippen molar-refractivity contribution in [1.29, 1.82) is 0 Å². The zero-order valence-corrected chi connectivity index (χ0v) is 18.5. The van der Waals surface area contributed by atoms with E-state index in [1.807, 2.05) is 58.2 Å². The van der Waals surface area contributed by atoms with Gasteiger partial charge in [-0.3, -0.25) is 4.90 Å². The number of nitrogens with two attached hydrogens (primary N) is 1. The zero-order chi connectivity index (χ0) is 22.9. The van der Waals surface area contributed by atoms with Gasteiger partial charge in [0, 0.05) is 19.3 Å². The zero-order valence-electron chi connectivity index (χ0n) is 18.5. The second-order valence-electron chi connectivity index (χ2n) is 8.50. The molecule has 0 saturated carbocycles. The number of anilines is 3. The van der Waals surface area contributed by atoms with E-state index in [4.69, 9.17) is 15.0 Å². The van der Waals surface area contributed by atoms with Crippen LogP contribution in [0.15, 0.2) is 34.9 Å². The van der Waals surface area contributed by atoms with Crippen molar-refractivity contribution in [3.8, 4) is 11.6 Å². The molecule has 1 aromatic carbocycles. The van der Waals surface area contributed by atoms with E-state index in [9.17, 15) is 4.79 Å². The number of aromatic nitrogens is 5. The molecule has 1 saturated heterocycles. The molecule has 0 radical (unpaired) electrons. The molecule has 11 heteroatoms. The molecule has 0 spiro atoms. The molecular weight excluding hydrogens is 412 g/mol. The predicted octanol–water partition coefficient (Wildman–Crippen LogP) is 3.34. The van der Waals surface area contributed by atoms with E-state index in [0.717, 1.165) is 12.1 Å². The lowest BCUT2D eigenvalue weighted by Gasteiger charge is -2.26. The van der Waals surface area contributed by atoms with Crippen LogP contribution < -0.4 is 10.6 Å². The van der Waals surface area contributed by atoms with E-state index in [1.54, 1.807) is 9.80 Å². The Balaban J connectivity index is 1.58. The number of amides is 1. The molecule has 3 aromatic rings. The fraction of sp³-hybridized carbons (Fsp3) is 0.429. The van der Waals surface area contributed by atoms with Crippen molar-refractivity contribution in [1.82, 2.24) is 30.0 Å². The van der Waals surface area contributed by atoms with Gasteiger partial charge in [0.25, 0.3) is 0 Å². The predicted molar refractivity (Wildman–Crippen MR) is 117 cm³/mol. The molecular formula is C21H26N8O3. The number of nitrogen functional groups attached to an aromatic ring is 1. The molecule has 1 fully saturated rings. The summed E-state index contributed by atoms with van der Waals surface area (Å²) in [6.07, 6.45) is 1.10. The Hall–Kier alpha value is -3.76. The Labute approximate surface area is 185 Å². The van der Waals surface area contributed by atoms with E-state index >= 15 is 0 Å². The first-order valence-corrected chi connectivity index (χ1v) is 10.4. The van der Waals surface area contributed by atoms with E-state index in [1.165, 1.54) is 0 Å². The molecule has 1 amide bonds. The van der Waals surface area contributed by atoms with Gasteiger partial charge in [0.2, 0.25) is 29.4 Å². The number of hydrogen-bond donors (Lipinski definition) is 1. The van der Waals surface area contributed by atoms with E-state index < -0.39 is 11.7 Å². The van der Waals surface area contributed by atoms with Crippen LogP contribution in [0.1, 0.15) is 45.5 Å². The normalized spacial score (nSPS) is 16.2. The van der Waals surface area contributed by atoms with Gasteiger partial charge in [0.15, 0.2) is 0 Å². The monoisotopic (exact) mass is 438 g/mol. The molecule has 4 rings (SSSR count). The van der Waals surface area contributed by atoms with Crippen molar-refractivity contribution >= 4 is 23.7 Å². The number of hydrogen-bond acceptors (Lipinski definition) is 10. The molecule has 32 heavy (non-hydrogen) atoms. The molecule has 3 heterocycles. The number of para-hydroxylation sites is 1. The lowest BCUT2D eigenvalue weighted by molar-refractivity contribution is 0.0199. The number of benzene rings is 1. The van der Waals surface area contributed by atoms with Crippen LogP contribution >= 0.6 is 0 Å². The van der Waals surface area contributed by atoms with Crippen LogP contribution in [0.25, 0.3) is 11.6 Å². The first kappa shape index (κ1) is 21.5. The topological polar surface area (TPSA) is 136 Å². The van der Waals surface area contributed by atoms with Crippen molar-refractivity contribution < 1.29 is 14.1 Å². The molecule has 11 nitrogen and oxygen atoms in total. The highest BCUT2D eigenvalue weighted by Crippen LogP contribution is 2.33. The molecule has 2 aromatic heterocycles. The van der Waals surface area contributed by atoms with Crippen LogP contribution in [0, 0.1) is 0 Å². The number of likely N-dealkylation sites (tertiary alicyclic amines) is 1. The Morgan fingerprint density at radius 2 is 1.91 bits per heavy atom. The molecule has 1 unspecified atom stereocenters. The lowest BCUT2D eigenvalue weighted by atomic mass is 10.2. The van der Waals surface area contributed by atoms with E-state index in [0.29, 0.717) is 24.8 Å². The molecule has 1 atom stereocenters. The first-order chi connectivity index (χ1) is 15.2. The quantitative estimate of drug-likeness (QED) is 0.645. The Morgan fingerprint density at radius 3 is 2.62 bits per heavy atom. The Morgan fingerprint density at radius 1 is 1.16 bits per heavy atom. The fourth-order valence-electron chi connectivity index (χ4n) is 3.42. The minimum atomic E-state index is -0.589. The van der Waals surface area contributed by atoms with Gasteiger partial charge < -0.3 is 19.9 Å². The van der Waals surface area contributed by atoms with Crippen molar-refractivity contribution in [3.05, 3.63) is 36.2 Å². The second-order valence-corrected chi connectivity index (χ2v) is 8.50. The van der Waals surface area contributed by atoms with Gasteiger partial charge in [-0.05, 0) is 45.7 Å². The van der Waals surface area contributed by atoms with Crippen LogP contribution in [0.3, 0.4) is 0 Å². The highest BCUT2D eigenvalue weighted by Gasteiger charge is 2.36. The summed E-state index contributed by atoms with van der Waals surface area (Å²) in [5.41, 5.74) is 6.21. The Bertz CT molecular complexity index is 1100. The van der Waals surface area contributed by atoms with Gasteiger partial charge in [-0.15, -0.1) is 0 Å². The van der Waals surface area contributed by atoms with Crippen molar-refractivity contribution in [2.75, 3.05) is 24.2 Å². The van der Waals surface area contributed by atoms with Crippen molar-refractivity contribution in [3.63, 3.8) is 0 Å². The van der Waals surface area contributed by atoms with E-state index in [2.05, 4.69) is 25.1 Å². The number of carbonyl (C=O) groups excluding carboxylic acids is 1. The molecule has 0 aliphatic carbocycles. The largest absolute Gasteiger partial charge is 0.444 e. The van der Waals surface area contributed by atoms with Crippen LogP contribution in [0.2, 0.25) is 0 Å². The third kappa shape index (κ3) is 4.61. The molecule has 168 valence electrons. The maximum Gasteiger partial charge on any atom is 0.410 e. The molecule has 0 bridgehead atoms. The van der Waals surface area contributed by atoms with Gasteiger partial charge in [0.05, 0.1) is 0 Å². The summed E-state index contributed by atoms with van der Waals surface area (Å²) in [6, 6.07) is 9.25. The van der Waals surface area contributed by atoms with Crippen molar-refractivity contribution in [2.24, 2.45) is 0 Å². The lowest BCUT2D eigenvalue weighted by Crippen LogP contribution is -2.36. The number of nitrogens with zero attached hydrogens (tertiary/aromatic N) is 7. The highest BCUT2D eigenvalue weighted by atomic mass is 16.6. The summed E-state index contributed by atoms with van der Waals surface area (Å²) in [4.78, 5) is 33.3. The van der Waals surface area contributed by atoms with Gasteiger partial charge in [0.1, 0.15) is 11.6 Å². The molecule has 1 aliphatic rings.